The van der Waals surface area contributed by atoms with Gasteiger partial charge in [-0.05, 0) is 31.2 Å². The average molecular weight is 255 g/mol. The zero-order valence-electron chi connectivity index (χ0n) is 10.4. The van der Waals surface area contributed by atoms with Crippen LogP contribution in [-0.2, 0) is 11.2 Å². The molecule has 4 heteroatoms. The summed E-state index contributed by atoms with van der Waals surface area (Å²) in [4.78, 5) is 13.4. The molecule has 1 aromatic rings. The highest BCUT2D eigenvalue weighted by atomic mass is 35.5. The Morgan fingerprint density at radius 3 is 2.59 bits per heavy atom. The van der Waals surface area contributed by atoms with Gasteiger partial charge in [0.25, 0.3) is 0 Å². The molecule has 0 bridgehead atoms. The lowest BCUT2D eigenvalue weighted by molar-refractivity contribution is -0.129. The normalized spacial score (nSPS) is 10.3. The van der Waals surface area contributed by atoms with Gasteiger partial charge in [0.1, 0.15) is 0 Å². The van der Waals surface area contributed by atoms with Crippen molar-refractivity contribution >= 4 is 17.5 Å². The second kappa shape index (κ2) is 7.30. The molecule has 1 amide bonds. The molecule has 0 fully saturated rings. The van der Waals surface area contributed by atoms with E-state index in [0.717, 1.165) is 24.5 Å². The lowest BCUT2D eigenvalue weighted by Gasteiger charge is -2.17. The van der Waals surface area contributed by atoms with Crippen molar-refractivity contribution < 1.29 is 4.79 Å². The van der Waals surface area contributed by atoms with Gasteiger partial charge in [0.2, 0.25) is 5.91 Å². The fourth-order valence-electron chi connectivity index (χ4n) is 1.50. The molecule has 1 N–H and O–H groups in total. The second-order valence-electron chi connectivity index (χ2n) is 4.05. The molecule has 0 heterocycles. The van der Waals surface area contributed by atoms with E-state index in [-0.39, 0.29) is 5.91 Å². The zero-order valence-corrected chi connectivity index (χ0v) is 11.1. The molecule has 0 spiro atoms. The highest BCUT2D eigenvalue weighted by Gasteiger charge is 2.07. The largest absolute Gasteiger partial charge is 0.345 e. The molecule has 0 atom stereocenters. The molecule has 0 saturated heterocycles. The molecule has 0 radical (unpaired) electrons. The Balaban J connectivity index is 2.34. The average Bonchev–Trinajstić information content (AvgIpc) is 2.34. The van der Waals surface area contributed by atoms with Crippen molar-refractivity contribution in [2.45, 2.75) is 12.8 Å². The SMILES string of the molecule is CNCCC(=O)N(C)CCc1ccc(Cl)cc1. The van der Waals surface area contributed by atoms with Gasteiger partial charge in [0.15, 0.2) is 0 Å². The molecule has 0 aromatic heterocycles. The number of nitrogens with one attached hydrogen (secondary N) is 1. The Hall–Kier alpha value is -1.06. The minimum absolute atomic E-state index is 0.174. The summed E-state index contributed by atoms with van der Waals surface area (Å²) in [5.74, 6) is 0.174. The molecule has 0 unspecified atom stereocenters. The Morgan fingerprint density at radius 1 is 1.35 bits per heavy atom. The van der Waals surface area contributed by atoms with E-state index in [4.69, 9.17) is 11.6 Å². The van der Waals surface area contributed by atoms with E-state index in [2.05, 4.69) is 5.32 Å². The third-order valence-corrected chi connectivity index (χ3v) is 2.92. The van der Waals surface area contributed by atoms with E-state index in [0.29, 0.717) is 6.42 Å². The number of nitrogens with zero attached hydrogens (tertiary/aromatic N) is 1. The molecule has 0 aliphatic heterocycles. The zero-order chi connectivity index (χ0) is 12.7. The van der Waals surface area contributed by atoms with E-state index in [9.17, 15) is 4.79 Å². The van der Waals surface area contributed by atoms with Crippen molar-refractivity contribution in [3.05, 3.63) is 34.9 Å². The molecule has 1 rings (SSSR count). The molecule has 94 valence electrons. The first-order valence-electron chi connectivity index (χ1n) is 5.76. The number of benzene rings is 1. The smallest absolute Gasteiger partial charge is 0.223 e. The first-order valence-corrected chi connectivity index (χ1v) is 6.14. The van der Waals surface area contributed by atoms with Crippen LogP contribution in [0, 0.1) is 0 Å². The van der Waals surface area contributed by atoms with Crippen LogP contribution in [0.5, 0.6) is 0 Å². The predicted molar refractivity (Wildman–Crippen MR) is 71.3 cm³/mol. The molecular formula is C13H19ClN2O. The maximum Gasteiger partial charge on any atom is 0.223 e. The van der Waals surface area contributed by atoms with Gasteiger partial charge in [-0.2, -0.15) is 0 Å². The van der Waals surface area contributed by atoms with Crippen molar-refractivity contribution in [2.75, 3.05) is 27.2 Å². The van der Waals surface area contributed by atoms with Crippen LogP contribution in [0.3, 0.4) is 0 Å². The molecule has 3 nitrogen and oxygen atoms in total. The third-order valence-electron chi connectivity index (χ3n) is 2.66. The van der Waals surface area contributed by atoms with Gasteiger partial charge < -0.3 is 10.2 Å². The quantitative estimate of drug-likeness (QED) is 0.842. The molecule has 0 aliphatic carbocycles. The van der Waals surface area contributed by atoms with Crippen molar-refractivity contribution in [1.29, 1.82) is 0 Å². The van der Waals surface area contributed by atoms with Crippen LogP contribution in [0.15, 0.2) is 24.3 Å². The topological polar surface area (TPSA) is 32.3 Å². The molecule has 17 heavy (non-hydrogen) atoms. The van der Waals surface area contributed by atoms with Gasteiger partial charge in [-0.1, -0.05) is 23.7 Å². The standard InChI is InChI=1S/C13H19ClN2O/c1-15-9-7-13(17)16(2)10-8-11-3-5-12(14)6-4-11/h3-6,15H,7-10H2,1-2H3. The summed E-state index contributed by atoms with van der Waals surface area (Å²) in [6, 6.07) is 7.74. The van der Waals surface area contributed by atoms with E-state index in [1.807, 2.05) is 38.4 Å². The Kier molecular flexibility index (Phi) is 6.01. The van der Waals surface area contributed by atoms with E-state index in [1.165, 1.54) is 5.56 Å². The number of carbonyl (C=O) groups is 1. The number of likely N-dealkylation sites (N-methyl/N-ethyl adjacent to an activating group) is 1. The first-order chi connectivity index (χ1) is 8.13. The monoisotopic (exact) mass is 254 g/mol. The first kappa shape index (κ1) is 14.0. The molecule has 1 aromatic carbocycles. The number of hydrogen-bond donors (Lipinski definition) is 1. The van der Waals surface area contributed by atoms with Gasteiger partial charge in [0, 0.05) is 31.6 Å². The van der Waals surface area contributed by atoms with Crippen LogP contribution in [0.1, 0.15) is 12.0 Å². The highest BCUT2D eigenvalue weighted by molar-refractivity contribution is 6.30. The number of rotatable bonds is 6. The molecule has 0 aliphatic rings. The van der Waals surface area contributed by atoms with E-state index < -0.39 is 0 Å². The number of amides is 1. The minimum Gasteiger partial charge on any atom is -0.345 e. The van der Waals surface area contributed by atoms with Crippen LogP contribution < -0.4 is 5.32 Å². The van der Waals surface area contributed by atoms with Crippen LogP contribution in [0.25, 0.3) is 0 Å². The summed E-state index contributed by atoms with van der Waals surface area (Å²) in [6.45, 7) is 1.47. The summed E-state index contributed by atoms with van der Waals surface area (Å²) < 4.78 is 0. The number of hydrogen-bond acceptors (Lipinski definition) is 2. The fraction of sp³-hybridized carbons (Fsp3) is 0.462. The van der Waals surface area contributed by atoms with Gasteiger partial charge in [-0.15, -0.1) is 0 Å². The minimum atomic E-state index is 0.174. The lowest BCUT2D eigenvalue weighted by atomic mass is 10.1. The van der Waals surface area contributed by atoms with Crippen molar-refractivity contribution in [1.82, 2.24) is 10.2 Å². The van der Waals surface area contributed by atoms with Gasteiger partial charge in [-0.25, -0.2) is 0 Å². The molecule has 0 saturated carbocycles. The fourth-order valence-corrected chi connectivity index (χ4v) is 1.62. The van der Waals surface area contributed by atoms with Gasteiger partial charge in [-0.3, -0.25) is 4.79 Å². The second-order valence-corrected chi connectivity index (χ2v) is 4.48. The van der Waals surface area contributed by atoms with Crippen molar-refractivity contribution in [3.8, 4) is 0 Å². The van der Waals surface area contributed by atoms with Crippen LogP contribution >= 0.6 is 11.6 Å². The number of halogens is 1. The number of carbonyl (C=O) groups excluding carboxylic acids is 1. The molecular weight excluding hydrogens is 236 g/mol. The van der Waals surface area contributed by atoms with Crippen LogP contribution in [0.4, 0.5) is 0 Å². The summed E-state index contributed by atoms with van der Waals surface area (Å²) in [6.07, 6.45) is 1.41. The van der Waals surface area contributed by atoms with E-state index in [1.54, 1.807) is 4.90 Å². The summed E-state index contributed by atoms with van der Waals surface area (Å²) >= 11 is 5.81. The lowest BCUT2D eigenvalue weighted by Crippen LogP contribution is -2.30. The van der Waals surface area contributed by atoms with Gasteiger partial charge >= 0.3 is 0 Å². The van der Waals surface area contributed by atoms with Crippen molar-refractivity contribution in [3.63, 3.8) is 0 Å². The summed E-state index contributed by atoms with van der Waals surface area (Å²) in [7, 11) is 3.69. The summed E-state index contributed by atoms with van der Waals surface area (Å²) in [5.41, 5.74) is 1.20. The van der Waals surface area contributed by atoms with Crippen LogP contribution in [-0.4, -0.2) is 38.0 Å². The highest BCUT2D eigenvalue weighted by Crippen LogP contribution is 2.10. The van der Waals surface area contributed by atoms with Gasteiger partial charge in [0.05, 0.1) is 0 Å². The van der Waals surface area contributed by atoms with Crippen molar-refractivity contribution in [2.24, 2.45) is 0 Å². The third kappa shape index (κ3) is 5.20. The predicted octanol–water partition coefficient (Wildman–Crippen LogP) is 1.95. The van der Waals surface area contributed by atoms with E-state index >= 15 is 0 Å². The summed E-state index contributed by atoms with van der Waals surface area (Å²) in [5, 5.41) is 3.71. The Morgan fingerprint density at radius 2 is 2.00 bits per heavy atom. The Bertz CT molecular complexity index is 351. The maximum atomic E-state index is 11.6. The maximum absolute atomic E-state index is 11.6. The van der Waals surface area contributed by atoms with Crippen LogP contribution in [0.2, 0.25) is 5.02 Å². The Labute approximate surface area is 108 Å².